The number of carbonyl (C=O) groups excluding carboxylic acids is 2. The second kappa shape index (κ2) is 2.70. The Bertz CT molecular complexity index is 506. The molecule has 6 rings (SSSR count). The van der Waals surface area contributed by atoms with E-state index in [-0.39, 0.29) is 23.8 Å². The highest BCUT2D eigenvalue weighted by molar-refractivity contribution is 5.84. The Hall–Kier alpha value is -1.06. The Balaban J connectivity index is 1.57. The van der Waals surface area contributed by atoms with E-state index >= 15 is 0 Å². The van der Waals surface area contributed by atoms with Crippen LogP contribution in [0.4, 0.5) is 0 Å². The predicted octanol–water partition coefficient (Wildman–Crippen LogP) is 0.952. The maximum atomic E-state index is 12.2. The van der Waals surface area contributed by atoms with Crippen LogP contribution in [-0.4, -0.2) is 26.2 Å². The Morgan fingerprint density at radius 1 is 0.789 bits per heavy atom. The Morgan fingerprint density at radius 3 is 1.68 bits per heavy atom. The Morgan fingerprint density at radius 2 is 1.21 bits per heavy atom. The van der Waals surface area contributed by atoms with Crippen LogP contribution in [0.15, 0.2) is 0 Å². The third-order valence-electron chi connectivity index (χ3n) is 7.69. The third-order valence-corrected chi connectivity index (χ3v) is 7.69. The summed E-state index contributed by atoms with van der Waals surface area (Å²) in [5, 5.41) is 0. The van der Waals surface area contributed by atoms with Crippen LogP contribution in [0.5, 0.6) is 0 Å². The summed E-state index contributed by atoms with van der Waals surface area (Å²) < 4.78 is 9.95. The first-order chi connectivity index (χ1) is 9.08. The monoisotopic (exact) mass is 262 g/mol. The van der Waals surface area contributed by atoms with Crippen LogP contribution in [0.2, 0.25) is 0 Å². The van der Waals surface area contributed by atoms with Crippen LogP contribution in [0.3, 0.4) is 0 Å². The van der Waals surface area contributed by atoms with Crippen molar-refractivity contribution in [3.63, 3.8) is 0 Å². The van der Waals surface area contributed by atoms with Crippen molar-refractivity contribution in [3.8, 4) is 0 Å². The summed E-state index contributed by atoms with van der Waals surface area (Å²) >= 11 is 0. The minimum Gasteiger partial charge on any atom is -0.469 e. The van der Waals surface area contributed by atoms with Gasteiger partial charge in [-0.05, 0) is 46.8 Å². The molecule has 0 aromatic rings. The van der Waals surface area contributed by atoms with Gasteiger partial charge in [0.25, 0.3) is 0 Å². The van der Waals surface area contributed by atoms with Gasteiger partial charge in [0.1, 0.15) is 0 Å². The highest BCUT2D eigenvalue weighted by Gasteiger charge is 2.97. The van der Waals surface area contributed by atoms with Crippen molar-refractivity contribution in [1.82, 2.24) is 0 Å². The summed E-state index contributed by atoms with van der Waals surface area (Å²) in [4.78, 5) is 24.3. The highest BCUT2D eigenvalue weighted by Crippen LogP contribution is 2.98. The van der Waals surface area contributed by atoms with Gasteiger partial charge < -0.3 is 9.47 Å². The number of carbonyl (C=O) groups is 2. The minimum absolute atomic E-state index is 0.193. The molecule has 0 aromatic heterocycles. The fourth-order valence-electron chi connectivity index (χ4n) is 7.59. The highest BCUT2D eigenvalue weighted by atomic mass is 16.5. The molecule has 0 spiro atoms. The zero-order valence-electron chi connectivity index (χ0n) is 11.3. The molecule has 4 unspecified atom stereocenters. The van der Waals surface area contributed by atoms with Gasteiger partial charge in [-0.1, -0.05) is 6.92 Å². The maximum absolute atomic E-state index is 12.2. The molecule has 0 amide bonds. The molecular formula is C15H18O4. The molecule has 6 saturated carbocycles. The molecule has 4 nitrogen and oxygen atoms in total. The number of rotatable bonds is 2. The van der Waals surface area contributed by atoms with Crippen molar-refractivity contribution in [3.05, 3.63) is 0 Å². The minimum atomic E-state index is -0.237. The number of methoxy groups -OCH3 is 2. The van der Waals surface area contributed by atoms with Crippen molar-refractivity contribution >= 4 is 11.9 Å². The van der Waals surface area contributed by atoms with Crippen LogP contribution in [0.25, 0.3) is 0 Å². The molecule has 4 heteroatoms. The van der Waals surface area contributed by atoms with Gasteiger partial charge in [0.2, 0.25) is 0 Å². The summed E-state index contributed by atoms with van der Waals surface area (Å²) in [6, 6.07) is 0. The average Bonchev–Trinajstić information content (AvgIpc) is 2.42. The van der Waals surface area contributed by atoms with Gasteiger partial charge >= 0.3 is 11.9 Å². The molecule has 6 aliphatic carbocycles. The second-order valence-electron chi connectivity index (χ2n) is 7.35. The van der Waals surface area contributed by atoms with E-state index < -0.39 is 0 Å². The predicted molar refractivity (Wildman–Crippen MR) is 63.5 cm³/mol. The molecule has 0 saturated heterocycles. The zero-order valence-corrected chi connectivity index (χ0v) is 11.3. The van der Waals surface area contributed by atoms with E-state index in [0.717, 1.165) is 5.92 Å². The molecular weight excluding hydrogens is 244 g/mol. The number of hydrogen-bond donors (Lipinski definition) is 0. The molecule has 2 bridgehead atoms. The molecule has 0 N–H and O–H groups in total. The van der Waals surface area contributed by atoms with E-state index in [1.165, 1.54) is 14.2 Å². The lowest BCUT2D eigenvalue weighted by Crippen LogP contribution is -2.97. The lowest BCUT2D eigenvalue weighted by Gasteiger charge is -2.99. The van der Waals surface area contributed by atoms with Gasteiger partial charge in [-0.3, -0.25) is 9.59 Å². The van der Waals surface area contributed by atoms with Crippen molar-refractivity contribution in [2.45, 2.75) is 6.92 Å². The smallest absolute Gasteiger partial charge is 0.309 e. The van der Waals surface area contributed by atoms with Gasteiger partial charge in [0.15, 0.2) is 0 Å². The van der Waals surface area contributed by atoms with Crippen LogP contribution in [-0.2, 0) is 19.1 Å². The summed E-state index contributed by atoms with van der Waals surface area (Å²) in [6.45, 7) is 2.39. The average molecular weight is 262 g/mol. The van der Waals surface area contributed by atoms with E-state index in [1.807, 2.05) is 0 Å². The fourth-order valence-corrected chi connectivity index (χ4v) is 7.59. The van der Waals surface area contributed by atoms with E-state index in [2.05, 4.69) is 6.92 Å². The fraction of sp³-hybridized carbons (Fsp3) is 0.867. The largest absolute Gasteiger partial charge is 0.469 e. The summed E-state index contributed by atoms with van der Waals surface area (Å²) in [5.41, 5.74) is 0.518. The first-order valence-corrected chi connectivity index (χ1v) is 7.24. The molecule has 0 aromatic carbocycles. The van der Waals surface area contributed by atoms with E-state index in [0.29, 0.717) is 40.9 Å². The molecule has 19 heavy (non-hydrogen) atoms. The molecule has 6 fully saturated rings. The number of hydrogen-bond acceptors (Lipinski definition) is 4. The van der Waals surface area contributed by atoms with Gasteiger partial charge in [0, 0.05) is 0 Å². The van der Waals surface area contributed by atoms with Crippen LogP contribution >= 0.6 is 0 Å². The van der Waals surface area contributed by atoms with Crippen molar-refractivity contribution < 1.29 is 19.1 Å². The lowest BCUT2D eigenvalue weighted by molar-refractivity contribution is -0.526. The van der Waals surface area contributed by atoms with Crippen molar-refractivity contribution in [1.29, 1.82) is 0 Å². The van der Waals surface area contributed by atoms with E-state index in [1.54, 1.807) is 0 Å². The topological polar surface area (TPSA) is 52.6 Å². The van der Waals surface area contributed by atoms with Crippen molar-refractivity contribution in [2.24, 2.45) is 58.7 Å². The third kappa shape index (κ3) is 0.711. The summed E-state index contributed by atoms with van der Waals surface area (Å²) in [7, 11) is 2.86. The second-order valence-corrected chi connectivity index (χ2v) is 7.35. The van der Waals surface area contributed by atoms with Crippen LogP contribution in [0, 0.1) is 58.7 Å². The first kappa shape index (κ1) is 10.7. The number of esters is 2. The first-order valence-electron chi connectivity index (χ1n) is 7.24. The van der Waals surface area contributed by atoms with E-state index in [4.69, 9.17) is 9.47 Å². The normalized spacial score (nSPS) is 64.7. The maximum Gasteiger partial charge on any atom is 0.309 e. The number of fused-ring (bicyclic) bond motifs is 1. The lowest BCUT2D eigenvalue weighted by atomic mass is 9.04. The van der Waals surface area contributed by atoms with Gasteiger partial charge in [-0.15, -0.1) is 0 Å². The zero-order chi connectivity index (χ0) is 13.3. The Labute approximate surface area is 111 Å². The van der Waals surface area contributed by atoms with Crippen LogP contribution in [0.1, 0.15) is 6.92 Å². The molecule has 102 valence electrons. The summed E-state index contributed by atoms with van der Waals surface area (Å²) in [5.74, 6) is 3.57. The van der Waals surface area contributed by atoms with Gasteiger partial charge in [-0.2, -0.15) is 0 Å². The quantitative estimate of drug-likeness (QED) is 0.695. The van der Waals surface area contributed by atoms with E-state index in [9.17, 15) is 9.59 Å². The molecule has 0 aliphatic heterocycles. The summed E-state index contributed by atoms with van der Waals surface area (Å²) in [6.07, 6.45) is 0. The molecule has 0 heterocycles. The molecule has 0 radical (unpaired) electrons. The van der Waals surface area contributed by atoms with Gasteiger partial charge in [0.05, 0.1) is 26.1 Å². The SMILES string of the molecule is COC(=O)[C@@H]1C2[C@@H]3[C@@H]4C([C@H]5C4C3(C)[C@@H]25)[C@@H]1C(=O)OC. The molecule has 10 atom stereocenters. The van der Waals surface area contributed by atoms with Crippen LogP contribution < -0.4 is 0 Å². The van der Waals surface area contributed by atoms with Crippen molar-refractivity contribution in [2.75, 3.05) is 14.2 Å². The molecule has 6 aliphatic rings. The Kier molecular flexibility index (Phi) is 1.52. The van der Waals surface area contributed by atoms with Gasteiger partial charge in [-0.25, -0.2) is 0 Å². The number of ether oxygens (including phenoxy) is 2. The standard InChI is InChI=1S/C15H18O4/c1-15-10-7-4-5(13(16)18-2)6(14(17)19-3)9(11(7)15)12(15)8(4)10/h4-12H,1-3H3/t4?,5-,6-,7-,8+,9?,10?,11+,12-,15?/m0/s1.